The van der Waals surface area contributed by atoms with E-state index in [1.807, 2.05) is 48.5 Å². The maximum absolute atomic E-state index is 9.41. The molecule has 1 aliphatic rings. The van der Waals surface area contributed by atoms with Crippen molar-refractivity contribution in [3.05, 3.63) is 69.7 Å². The molecule has 23 heavy (non-hydrogen) atoms. The second-order valence-electron chi connectivity index (χ2n) is 6.01. The van der Waals surface area contributed by atoms with Crippen molar-refractivity contribution in [1.82, 2.24) is 0 Å². The van der Waals surface area contributed by atoms with E-state index in [4.69, 9.17) is 23.2 Å². The van der Waals surface area contributed by atoms with E-state index < -0.39 is 0 Å². The largest absolute Gasteiger partial charge is 0.411 e. The molecule has 120 valence electrons. The van der Waals surface area contributed by atoms with Gasteiger partial charge in [-0.1, -0.05) is 59.5 Å². The zero-order chi connectivity index (χ0) is 16.4. The number of rotatable bonds is 2. The van der Waals surface area contributed by atoms with Crippen molar-refractivity contribution in [3.8, 4) is 0 Å². The quantitative estimate of drug-likeness (QED) is 0.619. The van der Waals surface area contributed by atoms with Gasteiger partial charge in [0.1, 0.15) is 12.1 Å². The Morgan fingerprint density at radius 2 is 1.48 bits per heavy atom. The summed E-state index contributed by atoms with van der Waals surface area (Å²) in [5, 5.41) is 16.8. The van der Waals surface area contributed by atoms with Crippen LogP contribution in [0.4, 0.5) is 0 Å². The van der Waals surface area contributed by atoms with E-state index in [2.05, 4.69) is 17.4 Å². The van der Waals surface area contributed by atoms with Gasteiger partial charge in [0, 0.05) is 27.6 Å². The Kier molecular flexibility index (Phi) is 4.90. The lowest BCUT2D eigenvalue weighted by atomic mass is 9.81. The fourth-order valence-corrected chi connectivity index (χ4v) is 3.51. The molecule has 0 saturated carbocycles. The normalized spacial score (nSPS) is 26.4. The van der Waals surface area contributed by atoms with Crippen molar-refractivity contribution in [3.63, 3.8) is 0 Å². The van der Waals surface area contributed by atoms with Crippen LogP contribution in [0.1, 0.15) is 36.6 Å². The lowest BCUT2D eigenvalue weighted by Crippen LogP contribution is -2.90. The Labute approximate surface area is 145 Å². The van der Waals surface area contributed by atoms with Gasteiger partial charge in [-0.25, -0.2) is 0 Å². The molecule has 1 aliphatic heterocycles. The summed E-state index contributed by atoms with van der Waals surface area (Å²) in [5.74, 6) is 0.157. The van der Waals surface area contributed by atoms with Gasteiger partial charge in [0.05, 0.1) is 11.6 Å². The first-order valence-electron chi connectivity index (χ1n) is 7.65. The van der Waals surface area contributed by atoms with Gasteiger partial charge in [0.2, 0.25) is 0 Å². The predicted molar refractivity (Wildman–Crippen MR) is 93.3 cm³/mol. The van der Waals surface area contributed by atoms with Gasteiger partial charge in [0.25, 0.3) is 0 Å². The topological polar surface area (TPSA) is 49.2 Å². The third-order valence-corrected chi connectivity index (χ3v) is 5.12. The molecule has 0 spiro atoms. The zero-order valence-electron chi connectivity index (χ0n) is 12.8. The average molecular weight is 350 g/mol. The summed E-state index contributed by atoms with van der Waals surface area (Å²) in [6, 6.07) is 16.1. The maximum atomic E-state index is 9.41. The summed E-state index contributed by atoms with van der Waals surface area (Å²) < 4.78 is 0. The van der Waals surface area contributed by atoms with Gasteiger partial charge < -0.3 is 10.5 Å². The average Bonchev–Trinajstić information content (AvgIpc) is 2.57. The number of halogens is 2. The van der Waals surface area contributed by atoms with Crippen molar-refractivity contribution in [2.24, 2.45) is 11.1 Å². The number of hydrogen-bond acceptors (Lipinski definition) is 2. The molecular formula is C18H19Cl2N2O+. The molecule has 0 amide bonds. The number of nitrogens with zero attached hydrogens (tertiary/aromatic N) is 1. The third kappa shape index (κ3) is 3.52. The Morgan fingerprint density at radius 1 is 0.957 bits per heavy atom. The molecule has 2 aromatic carbocycles. The molecule has 0 aromatic heterocycles. The Balaban J connectivity index is 1.92. The van der Waals surface area contributed by atoms with Crippen molar-refractivity contribution < 1.29 is 10.5 Å². The van der Waals surface area contributed by atoms with Crippen LogP contribution in [-0.4, -0.2) is 10.9 Å². The summed E-state index contributed by atoms with van der Waals surface area (Å²) in [5.41, 5.74) is 3.19. The van der Waals surface area contributed by atoms with Crippen molar-refractivity contribution in [1.29, 1.82) is 0 Å². The van der Waals surface area contributed by atoms with Crippen molar-refractivity contribution >= 4 is 28.9 Å². The molecule has 1 saturated heterocycles. The van der Waals surface area contributed by atoms with E-state index in [1.165, 1.54) is 11.1 Å². The minimum absolute atomic E-state index is 0.157. The van der Waals surface area contributed by atoms with Gasteiger partial charge in [-0.2, -0.15) is 0 Å². The van der Waals surface area contributed by atoms with Gasteiger partial charge in [-0.05, 0) is 24.3 Å². The number of benzene rings is 2. The molecule has 2 aromatic rings. The van der Waals surface area contributed by atoms with Crippen LogP contribution in [0, 0.1) is 5.92 Å². The minimum atomic E-state index is 0.157. The van der Waals surface area contributed by atoms with E-state index in [9.17, 15) is 5.21 Å². The number of quaternary nitrogens is 1. The van der Waals surface area contributed by atoms with Gasteiger partial charge >= 0.3 is 0 Å². The van der Waals surface area contributed by atoms with E-state index in [1.54, 1.807) is 0 Å². The molecule has 1 fully saturated rings. The Hall–Kier alpha value is -1.55. The molecule has 3 nitrogen and oxygen atoms in total. The standard InChI is InChI=1S/C18H18Cl2N2O/c1-11-16(22-23)10-17(12-2-6-14(19)7-3-12)21-18(11)13-4-8-15(20)9-5-13/h2-9,11,17-18,21,23H,10H2,1H3/p+1/b22-16+/t11-,17+,18-/m1/s1. The fourth-order valence-electron chi connectivity index (χ4n) is 3.26. The van der Waals surface area contributed by atoms with Crippen LogP contribution in [0.2, 0.25) is 10.0 Å². The second kappa shape index (κ2) is 6.91. The number of piperidine rings is 1. The first-order valence-corrected chi connectivity index (χ1v) is 8.41. The lowest BCUT2D eigenvalue weighted by Gasteiger charge is -2.33. The van der Waals surface area contributed by atoms with Crippen LogP contribution in [0.25, 0.3) is 0 Å². The molecule has 3 rings (SSSR count). The smallest absolute Gasteiger partial charge is 0.120 e. The summed E-state index contributed by atoms with van der Waals surface area (Å²) in [6.45, 7) is 2.10. The summed E-state index contributed by atoms with van der Waals surface area (Å²) in [7, 11) is 0. The van der Waals surface area contributed by atoms with Crippen LogP contribution in [-0.2, 0) is 0 Å². The summed E-state index contributed by atoms with van der Waals surface area (Å²) in [6.07, 6.45) is 0.726. The van der Waals surface area contributed by atoms with Crippen LogP contribution < -0.4 is 5.32 Å². The second-order valence-corrected chi connectivity index (χ2v) is 6.88. The molecule has 1 heterocycles. The molecule has 0 bridgehead atoms. The highest BCUT2D eigenvalue weighted by Gasteiger charge is 2.37. The zero-order valence-corrected chi connectivity index (χ0v) is 14.3. The van der Waals surface area contributed by atoms with E-state index in [0.29, 0.717) is 0 Å². The Bertz CT molecular complexity index is 698. The molecule has 3 N–H and O–H groups in total. The van der Waals surface area contributed by atoms with Crippen LogP contribution in [0.3, 0.4) is 0 Å². The minimum Gasteiger partial charge on any atom is -0.411 e. The fraction of sp³-hybridized carbons (Fsp3) is 0.278. The molecule has 5 heteroatoms. The predicted octanol–water partition coefficient (Wildman–Crippen LogP) is 4.21. The number of oxime groups is 1. The summed E-state index contributed by atoms with van der Waals surface area (Å²) >= 11 is 12.0. The van der Waals surface area contributed by atoms with Crippen molar-refractivity contribution in [2.45, 2.75) is 25.4 Å². The third-order valence-electron chi connectivity index (χ3n) is 4.61. The molecule has 0 aliphatic carbocycles. The van der Waals surface area contributed by atoms with Gasteiger partial charge in [-0.3, -0.25) is 0 Å². The lowest BCUT2D eigenvalue weighted by molar-refractivity contribution is -0.741. The Morgan fingerprint density at radius 3 is 2.00 bits per heavy atom. The van der Waals surface area contributed by atoms with Crippen LogP contribution >= 0.6 is 23.2 Å². The molecular weight excluding hydrogens is 331 g/mol. The molecule has 0 radical (unpaired) electrons. The molecule has 0 unspecified atom stereocenters. The number of hydrogen-bond donors (Lipinski definition) is 2. The first-order chi connectivity index (χ1) is 11.1. The van der Waals surface area contributed by atoms with E-state index in [0.717, 1.165) is 22.2 Å². The summed E-state index contributed by atoms with van der Waals surface area (Å²) in [4.78, 5) is 0. The monoisotopic (exact) mass is 349 g/mol. The van der Waals surface area contributed by atoms with Crippen LogP contribution in [0.5, 0.6) is 0 Å². The van der Waals surface area contributed by atoms with Crippen LogP contribution in [0.15, 0.2) is 53.7 Å². The van der Waals surface area contributed by atoms with E-state index in [-0.39, 0.29) is 18.0 Å². The highest BCUT2D eigenvalue weighted by atomic mass is 35.5. The number of nitrogens with two attached hydrogens (primary N) is 1. The van der Waals surface area contributed by atoms with Gasteiger partial charge in [0.15, 0.2) is 0 Å². The highest BCUT2D eigenvalue weighted by molar-refractivity contribution is 6.30. The maximum Gasteiger partial charge on any atom is 0.120 e. The highest BCUT2D eigenvalue weighted by Crippen LogP contribution is 2.30. The molecule has 3 atom stereocenters. The van der Waals surface area contributed by atoms with E-state index >= 15 is 0 Å². The van der Waals surface area contributed by atoms with Gasteiger partial charge in [-0.15, -0.1) is 0 Å². The van der Waals surface area contributed by atoms with Crippen molar-refractivity contribution in [2.75, 3.05) is 0 Å². The SMILES string of the molecule is C[C@@H]1/C(=N/O)C[C@@H](c2ccc(Cl)cc2)[NH2+][C@H]1c1ccc(Cl)cc1. The first kappa shape index (κ1) is 16.3.